The van der Waals surface area contributed by atoms with Crippen LogP contribution < -0.4 is 10.1 Å². The summed E-state index contributed by atoms with van der Waals surface area (Å²) in [5.41, 5.74) is 3.11. The van der Waals surface area contributed by atoms with E-state index < -0.39 is 18.0 Å². The molecule has 0 fully saturated rings. The SMILES string of the molecule is CCc1ccc(NC(=O)[C@H](C)OC(=O)c2ccccc2OCc2ccccc2)cc1. The number of ether oxygens (including phenoxy) is 2. The number of nitrogens with one attached hydrogen (secondary N) is 1. The van der Waals surface area contributed by atoms with E-state index in [0.717, 1.165) is 12.0 Å². The summed E-state index contributed by atoms with van der Waals surface area (Å²) in [5.74, 6) is -0.591. The van der Waals surface area contributed by atoms with E-state index in [9.17, 15) is 9.59 Å². The molecule has 1 atom stereocenters. The van der Waals surface area contributed by atoms with Gasteiger partial charge in [0.15, 0.2) is 6.10 Å². The van der Waals surface area contributed by atoms with E-state index in [1.54, 1.807) is 31.2 Å². The normalized spacial score (nSPS) is 11.4. The molecule has 0 aliphatic carbocycles. The van der Waals surface area contributed by atoms with Crippen LogP contribution in [0.3, 0.4) is 0 Å². The Kier molecular flexibility index (Phi) is 7.22. The molecule has 1 N–H and O–H groups in total. The number of carbonyl (C=O) groups is 2. The van der Waals surface area contributed by atoms with Crippen molar-refractivity contribution in [1.82, 2.24) is 0 Å². The van der Waals surface area contributed by atoms with E-state index in [2.05, 4.69) is 12.2 Å². The maximum absolute atomic E-state index is 12.6. The standard InChI is InChI=1S/C25H25NO4/c1-3-19-13-15-21(16-14-19)26-24(27)18(2)30-25(28)22-11-7-8-12-23(22)29-17-20-9-5-4-6-10-20/h4-16,18H,3,17H2,1-2H3,(H,26,27)/t18-/m0/s1. The second-order valence-corrected chi connectivity index (χ2v) is 6.86. The van der Waals surface area contributed by atoms with Gasteiger partial charge in [-0.25, -0.2) is 4.79 Å². The first-order chi connectivity index (χ1) is 14.6. The highest BCUT2D eigenvalue weighted by atomic mass is 16.5. The molecule has 1 amide bonds. The van der Waals surface area contributed by atoms with Crippen LogP contribution in [0.1, 0.15) is 35.3 Å². The van der Waals surface area contributed by atoms with Gasteiger partial charge < -0.3 is 14.8 Å². The number of hydrogen-bond donors (Lipinski definition) is 1. The van der Waals surface area contributed by atoms with Crippen LogP contribution in [-0.2, 0) is 22.6 Å². The maximum Gasteiger partial charge on any atom is 0.342 e. The fourth-order valence-electron chi connectivity index (χ4n) is 2.84. The first-order valence-electron chi connectivity index (χ1n) is 9.93. The molecule has 0 radical (unpaired) electrons. The van der Waals surface area contributed by atoms with Crippen LogP contribution in [0, 0.1) is 0 Å². The zero-order valence-corrected chi connectivity index (χ0v) is 17.1. The Labute approximate surface area is 176 Å². The quantitative estimate of drug-likeness (QED) is 0.537. The number of para-hydroxylation sites is 1. The van der Waals surface area contributed by atoms with Gasteiger partial charge in [-0.3, -0.25) is 4.79 Å². The lowest BCUT2D eigenvalue weighted by Gasteiger charge is -2.15. The fourth-order valence-corrected chi connectivity index (χ4v) is 2.84. The van der Waals surface area contributed by atoms with Gasteiger partial charge in [0.1, 0.15) is 17.9 Å². The number of anilines is 1. The van der Waals surface area contributed by atoms with Crippen LogP contribution >= 0.6 is 0 Å². The highest BCUT2D eigenvalue weighted by Gasteiger charge is 2.21. The highest BCUT2D eigenvalue weighted by Crippen LogP contribution is 2.21. The Morgan fingerprint density at radius 3 is 2.23 bits per heavy atom. The molecular formula is C25H25NO4. The second-order valence-electron chi connectivity index (χ2n) is 6.86. The molecule has 0 saturated carbocycles. The minimum absolute atomic E-state index is 0.278. The van der Waals surface area contributed by atoms with Gasteiger partial charge >= 0.3 is 5.97 Å². The lowest BCUT2D eigenvalue weighted by molar-refractivity contribution is -0.123. The Morgan fingerprint density at radius 1 is 0.867 bits per heavy atom. The number of carbonyl (C=O) groups excluding carboxylic acids is 2. The molecule has 0 aliphatic heterocycles. The average molecular weight is 403 g/mol. The molecule has 30 heavy (non-hydrogen) atoms. The van der Waals surface area contributed by atoms with E-state index >= 15 is 0 Å². The summed E-state index contributed by atoms with van der Waals surface area (Å²) in [6.07, 6.45) is -0.0286. The monoisotopic (exact) mass is 403 g/mol. The van der Waals surface area contributed by atoms with Crippen LogP contribution in [0.5, 0.6) is 5.75 Å². The first kappa shape index (κ1) is 21.1. The van der Waals surface area contributed by atoms with Gasteiger partial charge in [-0.05, 0) is 48.7 Å². The lowest BCUT2D eigenvalue weighted by atomic mass is 10.1. The lowest BCUT2D eigenvalue weighted by Crippen LogP contribution is -2.30. The van der Waals surface area contributed by atoms with Crippen molar-refractivity contribution >= 4 is 17.6 Å². The predicted molar refractivity (Wildman–Crippen MR) is 117 cm³/mol. The first-order valence-corrected chi connectivity index (χ1v) is 9.93. The summed E-state index contributed by atoms with van der Waals surface area (Å²) in [4.78, 5) is 25.1. The summed E-state index contributed by atoms with van der Waals surface area (Å²) >= 11 is 0. The third-order valence-corrected chi connectivity index (χ3v) is 4.63. The molecule has 0 aliphatic rings. The molecule has 0 aromatic heterocycles. The number of rotatable bonds is 8. The Hall–Kier alpha value is -3.60. The van der Waals surface area contributed by atoms with Crippen molar-refractivity contribution < 1.29 is 19.1 Å². The van der Waals surface area contributed by atoms with Gasteiger partial charge in [-0.2, -0.15) is 0 Å². The largest absolute Gasteiger partial charge is 0.488 e. The second kappa shape index (κ2) is 10.3. The smallest absolute Gasteiger partial charge is 0.342 e. The van der Waals surface area contributed by atoms with Gasteiger partial charge in [0, 0.05) is 5.69 Å². The zero-order valence-electron chi connectivity index (χ0n) is 17.1. The van der Waals surface area contributed by atoms with Crippen molar-refractivity contribution in [2.24, 2.45) is 0 Å². The molecule has 3 aromatic carbocycles. The topological polar surface area (TPSA) is 64.6 Å². The molecule has 0 bridgehead atoms. The summed E-state index contributed by atoms with van der Waals surface area (Å²) < 4.78 is 11.2. The summed E-state index contributed by atoms with van der Waals surface area (Å²) in [7, 11) is 0. The summed E-state index contributed by atoms with van der Waals surface area (Å²) in [5, 5.41) is 2.76. The van der Waals surface area contributed by atoms with Crippen LogP contribution in [0.25, 0.3) is 0 Å². The average Bonchev–Trinajstić information content (AvgIpc) is 2.79. The van der Waals surface area contributed by atoms with Crippen molar-refractivity contribution in [2.75, 3.05) is 5.32 Å². The number of hydrogen-bond acceptors (Lipinski definition) is 4. The number of amides is 1. The van der Waals surface area contributed by atoms with Crippen molar-refractivity contribution in [2.45, 2.75) is 33.0 Å². The molecule has 154 valence electrons. The molecule has 3 aromatic rings. The minimum Gasteiger partial charge on any atom is -0.488 e. The van der Waals surface area contributed by atoms with Gasteiger partial charge in [0.2, 0.25) is 0 Å². The van der Waals surface area contributed by atoms with Crippen LogP contribution in [0.2, 0.25) is 0 Å². The molecule has 0 unspecified atom stereocenters. The van der Waals surface area contributed by atoms with Crippen molar-refractivity contribution in [1.29, 1.82) is 0 Å². The Morgan fingerprint density at radius 2 is 1.53 bits per heavy atom. The van der Waals surface area contributed by atoms with Crippen LogP contribution in [0.4, 0.5) is 5.69 Å². The van der Waals surface area contributed by atoms with Crippen LogP contribution in [-0.4, -0.2) is 18.0 Å². The Bertz CT molecular complexity index is 984. The predicted octanol–water partition coefficient (Wildman–Crippen LogP) is 5.01. The molecular weight excluding hydrogens is 378 g/mol. The fraction of sp³-hybridized carbons (Fsp3) is 0.200. The van der Waals surface area contributed by atoms with E-state index in [1.807, 2.05) is 54.6 Å². The van der Waals surface area contributed by atoms with Gasteiger partial charge in [0.25, 0.3) is 5.91 Å². The van der Waals surface area contributed by atoms with Gasteiger partial charge in [-0.15, -0.1) is 0 Å². The van der Waals surface area contributed by atoms with E-state index in [-0.39, 0.29) is 5.56 Å². The van der Waals surface area contributed by atoms with Crippen molar-refractivity contribution in [3.63, 3.8) is 0 Å². The van der Waals surface area contributed by atoms with Crippen LogP contribution in [0.15, 0.2) is 78.9 Å². The third-order valence-electron chi connectivity index (χ3n) is 4.63. The van der Waals surface area contributed by atoms with Crippen molar-refractivity contribution in [3.05, 3.63) is 95.6 Å². The molecule has 0 saturated heterocycles. The van der Waals surface area contributed by atoms with E-state index in [1.165, 1.54) is 5.56 Å². The third kappa shape index (κ3) is 5.70. The summed E-state index contributed by atoms with van der Waals surface area (Å²) in [6.45, 7) is 3.94. The molecule has 3 rings (SSSR count). The number of esters is 1. The van der Waals surface area contributed by atoms with Crippen molar-refractivity contribution in [3.8, 4) is 5.75 Å². The molecule has 0 spiro atoms. The highest BCUT2D eigenvalue weighted by molar-refractivity contribution is 5.98. The summed E-state index contributed by atoms with van der Waals surface area (Å²) in [6, 6.07) is 24.1. The zero-order chi connectivity index (χ0) is 21.3. The van der Waals surface area contributed by atoms with E-state index in [4.69, 9.17) is 9.47 Å². The maximum atomic E-state index is 12.6. The molecule has 0 heterocycles. The van der Waals surface area contributed by atoms with E-state index in [0.29, 0.717) is 18.0 Å². The molecule has 5 heteroatoms. The van der Waals surface area contributed by atoms with Gasteiger partial charge in [0.05, 0.1) is 0 Å². The molecule has 5 nitrogen and oxygen atoms in total. The Balaban J connectivity index is 1.61. The number of aryl methyl sites for hydroxylation is 1. The van der Waals surface area contributed by atoms with Gasteiger partial charge in [-0.1, -0.05) is 61.5 Å². The number of benzene rings is 3. The minimum atomic E-state index is -0.953.